The Labute approximate surface area is 108 Å². The number of aryl methyl sites for hydroxylation is 1. The van der Waals surface area contributed by atoms with Crippen molar-refractivity contribution in [2.24, 2.45) is 7.05 Å². The molecule has 1 heterocycles. The van der Waals surface area contributed by atoms with Crippen molar-refractivity contribution in [3.05, 3.63) is 29.0 Å². The molecule has 2 rings (SSSR count). The molecule has 1 aromatic carbocycles. The summed E-state index contributed by atoms with van der Waals surface area (Å²) in [4.78, 5) is 1.27. The molecular formula is C9H10ClN5O2S. The molecule has 0 saturated carbocycles. The van der Waals surface area contributed by atoms with Crippen LogP contribution in [0.1, 0.15) is 5.82 Å². The lowest BCUT2D eigenvalue weighted by atomic mass is 10.3. The van der Waals surface area contributed by atoms with Crippen LogP contribution in [0.5, 0.6) is 0 Å². The van der Waals surface area contributed by atoms with E-state index < -0.39 is 9.84 Å². The zero-order chi connectivity index (χ0) is 13.3. The van der Waals surface area contributed by atoms with Crippen LogP contribution in [0.2, 0.25) is 5.02 Å². The summed E-state index contributed by atoms with van der Waals surface area (Å²) in [6.07, 6.45) is 0. The van der Waals surface area contributed by atoms with E-state index in [0.29, 0.717) is 5.69 Å². The highest BCUT2D eigenvalue weighted by Crippen LogP contribution is 2.24. The average Bonchev–Trinajstić information content (AvgIpc) is 2.67. The predicted octanol–water partition coefficient (Wildman–Crippen LogP) is 0.420. The third kappa shape index (κ3) is 2.59. The number of sulfone groups is 1. The number of benzene rings is 1. The van der Waals surface area contributed by atoms with E-state index >= 15 is 0 Å². The van der Waals surface area contributed by atoms with Gasteiger partial charge in [0.15, 0.2) is 15.7 Å². The van der Waals surface area contributed by atoms with Gasteiger partial charge in [0.2, 0.25) is 0 Å². The lowest BCUT2D eigenvalue weighted by Crippen LogP contribution is -2.07. The van der Waals surface area contributed by atoms with Gasteiger partial charge in [-0.05, 0) is 23.4 Å². The Morgan fingerprint density at radius 3 is 2.72 bits per heavy atom. The first-order valence-corrected chi connectivity index (χ1v) is 6.92. The standard InChI is InChI=1S/C9H10ClN5O2S/c1-15-13-9(12-14-15)5-18(16,17)6-2-3-8(11)7(10)4-6/h2-4H,5,11H2,1H3. The number of nitrogens with two attached hydrogens (primary N) is 1. The van der Waals surface area contributed by atoms with E-state index in [-0.39, 0.29) is 21.5 Å². The first-order chi connectivity index (χ1) is 8.38. The first kappa shape index (κ1) is 12.8. The van der Waals surface area contributed by atoms with Crippen LogP contribution in [0, 0.1) is 0 Å². The number of hydrogen-bond acceptors (Lipinski definition) is 6. The van der Waals surface area contributed by atoms with E-state index in [4.69, 9.17) is 17.3 Å². The minimum Gasteiger partial charge on any atom is -0.398 e. The summed E-state index contributed by atoms with van der Waals surface area (Å²) in [5, 5.41) is 11.2. The van der Waals surface area contributed by atoms with Gasteiger partial charge in [0.05, 0.1) is 22.7 Å². The quantitative estimate of drug-likeness (QED) is 0.821. The van der Waals surface area contributed by atoms with Crippen molar-refractivity contribution in [1.29, 1.82) is 0 Å². The molecule has 0 aliphatic rings. The maximum absolute atomic E-state index is 12.1. The number of nitrogen functional groups attached to an aromatic ring is 1. The monoisotopic (exact) mass is 287 g/mol. The molecule has 0 unspecified atom stereocenters. The maximum atomic E-state index is 12.1. The van der Waals surface area contributed by atoms with Gasteiger partial charge < -0.3 is 5.73 Å². The second kappa shape index (κ2) is 4.54. The summed E-state index contributed by atoms with van der Waals surface area (Å²) < 4.78 is 24.1. The summed E-state index contributed by atoms with van der Waals surface area (Å²) in [5.41, 5.74) is 5.85. The molecule has 0 bridgehead atoms. The number of tetrazole rings is 1. The Bertz CT molecular complexity index is 682. The van der Waals surface area contributed by atoms with E-state index in [1.807, 2.05) is 0 Å². The fourth-order valence-electron chi connectivity index (χ4n) is 1.34. The molecule has 2 N–H and O–H groups in total. The number of aromatic nitrogens is 4. The second-order valence-corrected chi connectivity index (χ2v) is 6.03. The number of hydrogen-bond donors (Lipinski definition) is 1. The Balaban J connectivity index is 2.33. The molecule has 0 aliphatic carbocycles. The normalized spacial score (nSPS) is 11.7. The van der Waals surface area contributed by atoms with Crippen molar-refractivity contribution in [3.63, 3.8) is 0 Å². The second-order valence-electron chi connectivity index (χ2n) is 3.64. The molecule has 0 fully saturated rings. The maximum Gasteiger partial charge on any atom is 0.190 e. The number of nitrogens with zero attached hydrogens (tertiary/aromatic N) is 4. The summed E-state index contributed by atoms with van der Waals surface area (Å²) in [6.45, 7) is 0. The fourth-order valence-corrected chi connectivity index (χ4v) is 2.78. The zero-order valence-electron chi connectivity index (χ0n) is 9.41. The van der Waals surface area contributed by atoms with Crippen LogP contribution in [0.3, 0.4) is 0 Å². The minimum absolute atomic E-state index is 0.0779. The van der Waals surface area contributed by atoms with Crippen molar-refractivity contribution in [2.45, 2.75) is 10.6 Å². The van der Waals surface area contributed by atoms with Crippen molar-refractivity contribution in [1.82, 2.24) is 20.2 Å². The molecule has 1 aromatic heterocycles. The van der Waals surface area contributed by atoms with Gasteiger partial charge in [-0.1, -0.05) is 11.6 Å². The molecule has 96 valence electrons. The first-order valence-electron chi connectivity index (χ1n) is 4.89. The van der Waals surface area contributed by atoms with E-state index in [0.717, 1.165) is 0 Å². The molecule has 7 nitrogen and oxygen atoms in total. The zero-order valence-corrected chi connectivity index (χ0v) is 11.0. The third-order valence-corrected chi connectivity index (χ3v) is 4.14. The van der Waals surface area contributed by atoms with Gasteiger partial charge in [0, 0.05) is 0 Å². The molecule has 0 aliphatic heterocycles. The van der Waals surface area contributed by atoms with E-state index in [9.17, 15) is 8.42 Å². The van der Waals surface area contributed by atoms with Crippen LogP contribution in [0.25, 0.3) is 0 Å². The smallest absolute Gasteiger partial charge is 0.190 e. The SMILES string of the molecule is Cn1nnc(CS(=O)(=O)c2ccc(N)c(Cl)c2)n1. The van der Waals surface area contributed by atoms with Crippen molar-refractivity contribution >= 4 is 27.1 Å². The predicted molar refractivity (Wildman–Crippen MR) is 65.6 cm³/mol. The Morgan fingerprint density at radius 1 is 1.44 bits per heavy atom. The molecule has 0 saturated heterocycles. The van der Waals surface area contributed by atoms with Gasteiger partial charge in [-0.3, -0.25) is 0 Å². The summed E-state index contributed by atoms with van der Waals surface area (Å²) >= 11 is 5.79. The van der Waals surface area contributed by atoms with Crippen LogP contribution in [-0.4, -0.2) is 28.6 Å². The van der Waals surface area contributed by atoms with Gasteiger partial charge in [0.1, 0.15) is 5.75 Å². The lowest BCUT2D eigenvalue weighted by molar-refractivity contribution is 0.593. The van der Waals surface area contributed by atoms with E-state index in [2.05, 4.69) is 15.4 Å². The Hall–Kier alpha value is -1.67. The van der Waals surface area contributed by atoms with Crippen molar-refractivity contribution in [3.8, 4) is 0 Å². The van der Waals surface area contributed by atoms with Gasteiger partial charge in [-0.25, -0.2) is 8.42 Å². The van der Waals surface area contributed by atoms with Gasteiger partial charge in [-0.15, -0.1) is 10.2 Å². The summed E-state index contributed by atoms with van der Waals surface area (Å²) in [7, 11) is -2.00. The van der Waals surface area contributed by atoms with Crippen molar-refractivity contribution in [2.75, 3.05) is 5.73 Å². The molecule has 0 amide bonds. The van der Waals surface area contributed by atoms with E-state index in [1.165, 1.54) is 23.0 Å². The van der Waals surface area contributed by atoms with Crippen LogP contribution < -0.4 is 5.73 Å². The molecular weight excluding hydrogens is 278 g/mol. The van der Waals surface area contributed by atoms with Crippen LogP contribution >= 0.6 is 11.6 Å². The van der Waals surface area contributed by atoms with E-state index in [1.54, 1.807) is 7.05 Å². The Kier molecular flexibility index (Phi) is 3.22. The highest BCUT2D eigenvalue weighted by Gasteiger charge is 2.19. The highest BCUT2D eigenvalue weighted by molar-refractivity contribution is 7.90. The minimum atomic E-state index is -3.56. The lowest BCUT2D eigenvalue weighted by Gasteiger charge is -2.03. The molecule has 9 heteroatoms. The fraction of sp³-hybridized carbons (Fsp3) is 0.222. The molecule has 0 spiro atoms. The molecule has 2 aromatic rings. The number of halogens is 1. The molecule has 0 radical (unpaired) electrons. The summed E-state index contributed by atoms with van der Waals surface area (Å²) in [5.74, 6) is -0.202. The Morgan fingerprint density at radius 2 is 2.17 bits per heavy atom. The topological polar surface area (TPSA) is 104 Å². The average molecular weight is 288 g/mol. The van der Waals surface area contributed by atoms with Crippen LogP contribution in [0.4, 0.5) is 5.69 Å². The largest absolute Gasteiger partial charge is 0.398 e. The van der Waals surface area contributed by atoms with Crippen LogP contribution in [-0.2, 0) is 22.6 Å². The van der Waals surface area contributed by atoms with Gasteiger partial charge >= 0.3 is 0 Å². The number of anilines is 1. The summed E-state index contributed by atoms with van der Waals surface area (Å²) in [6, 6.07) is 4.15. The van der Waals surface area contributed by atoms with Crippen molar-refractivity contribution < 1.29 is 8.42 Å². The van der Waals surface area contributed by atoms with Gasteiger partial charge in [0.25, 0.3) is 0 Å². The molecule has 18 heavy (non-hydrogen) atoms. The molecule has 0 atom stereocenters. The van der Waals surface area contributed by atoms with Crippen LogP contribution in [0.15, 0.2) is 23.1 Å². The highest BCUT2D eigenvalue weighted by atomic mass is 35.5. The van der Waals surface area contributed by atoms with Gasteiger partial charge in [-0.2, -0.15) is 4.80 Å². The third-order valence-electron chi connectivity index (χ3n) is 2.20. The number of rotatable bonds is 3.